The number of hydrogen-bond donors (Lipinski definition) is 2. The molecule has 1 amide bonds. The molecule has 1 fully saturated rings. The minimum atomic E-state index is 0.00330. The number of carbonyl (C=O) groups is 1. The van der Waals surface area contributed by atoms with Crippen LogP contribution in [0.5, 0.6) is 0 Å². The van der Waals surface area contributed by atoms with Gasteiger partial charge < -0.3 is 10.6 Å². The second kappa shape index (κ2) is 6.05. The van der Waals surface area contributed by atoms with Crippen LogP contribution in [-0.2, 0) is 4.79 Å². The lowest BCUT2D eigenvalue weighted by Crippen LogP contribution is -2.49. The number of carbonyl (C=O) groups excluding carboxylic acids is 1. The number of thioether (sulfide) groups is 1. The van der Waals surface area contributed by atoms with Crippen LogP contribution in [0.4, 0.5) is 0 Å². The largest absolute Gasteiger partial charge is 0.354 e. The molecule has 4 heteroatoms. The Bertz CT molecular complexity index is 178. The molecule has 2 N–H and O–H groups in total. The SMILES string of the molecule is C=CCCNC(=O)C1CSCCN1. The Balaban J connectivity index is 2.17. The number of amides is 1. The highest BCUT2D eigenvalue weighted by molar-refractivity contribution is 7.99. The van der Waals surface area contributed by atoms with Gasteiger partial charge in [0.15, 0.2) is 0 Å². The third-order valence-electron chi connectivity index (χ3n) is 1.89. The Kier molecular flexibility index (Phi) is 4.93. The fourth-order valence-corrected chi connectivity index (χ4v) is 2.09. The maximum atomic E-state index is 11.5. The van der Waals surface area contributed by atoms with E-state index in [1.165, 1.54) is 0 Å². The van der Waals surface area contributed by atoms with E-state index < -0.39 is 0 Å². The average Bonchev–Trinajstić information content (AvgIpc) is 2.19. The van der Waals surface area contributed by atoms with Gasteiger partial charge in [-0.05, 0) is 6.42 Å². The zero-order valence-corrected chi connectivity index (χ0v) is 8.53. The molecule has 1 atom stereocenters. The molecule has 1 aliphatic heterocycles. The van der Waals surface area contributed by atoms with Crippen molar-refractivity contribution in [3.63, 3.8) is 0 Å². The predicted octanol–water partition coefficient (Wildman–Crippen LogP) is 0.384. The molecule has 0 aromatic heterocycles. The van der Waals surface area contributed by atoms with Gasteiger partial charge in [0.25, 0.3) is 0 Å². The van der Waals surface area contributed by atoms with E-state index in [0.29, 0.717) is 6.54 Å². The highest BCUT2D eigenvalue weighted by Gasteiger charge is 2.19. The Morgan fingerprint density at radius 1 is 1.77 bits per heavy atom. The van der Waals surface area contributed by atoms with Crippen LogP contribution in [0, 0.1) is 0 Å². The van der Waals surface area contributed by atoms with Crippen molar-refractivity contribution in [1.82, 2.24) is 10.6 Å². The first-order valence-electron chi connectivity index (χ1n) is 4.54. The standard InChI is InChI=1S/C9H16N2OS/c1-2-3-4-11-9(12)8-7-13-6-5-10-8/h2,8,10H,1,3-7H2,(H,11,12). The van der Waals surface area contributed by atoms with Crippen LogP contribution in [0.25, 0.3) is 0 Å². The fourth-order valence-electron chi connectivity index (χ4n) is 1.15. The minimum Gasteiger partial charge on any atom is -0.354 e. The van der Waals surface area contributed by atoms with E-state index in [0.717, 1.165) is 24.5 Å². The second-order valence-corrected chi connectivity index (χ2v) is 4.10. The van der Waals surface area contributed by atoms with Crippen molar-refractivity contribution in [2.45, 2.75) is 12.5 Å². The first-order valence-corrected chi connectivity index (χ1v) is 5.70. The van der Waals surface area contributed by atoms with Gasteiger partial charge in [0.1, 0.15) is 0 Å². The van der Waals surface area contributed by atoms with Gasteiger partial charge in [0.2, 0.25) is 5.91 Å². The molecular formula is C9H16N2OS. The molecular weight excluding hydrogens is 184 g/mol. The van der Waals surface area contributed by atoms with Crippen LogP contribution in [0.1, 0.15) is 6.42 Å². The average molecular weight is 200 g/mol. The Morgan fingerprint density at radius 3 is 3.23 bits per heavy atom. The van der Waals surface area contributed by atoms with Crippen LogP contribution in [0.2, 0.25) is 0 Å². The molecule has 1 unspecified atom stereocenters. The van der Waals surface area contributed by atoms with E-state index in [2.05, 4.69) is 17.2 Å². The van der Waals surface area contributed by atoms with Crippen LogP contribution in [-0.4, -0.2) is 36.5 Å². The number of hydrogen-bond acceptors (Lipinski definition) is 3. The molecule has 3 nitrogen and oxygen atoms in total. The second-order valence-electron chi connectivity index (χ2n) is 2.95. The molecule has 0 radical (unpaired) electrons. The Hall–Kier alpha value is -0.480. The van der Waals surface area contributed by atoms with Crippen molar-refractivity contribution in [1.29, 1.82) is 0 Å². The van der Waals surface area contributed by atoms with Crippen molar-refractivity contribution in [3.8, 4) is 0 Å². The van der Waals surface area contributed by atoms with Crippen molar-refractivity contribution >= 4 is 17.7 Å². The van der Waals surface area contributed by atoms with Gasteiger partial charge in [-0.25, -0.2) is 0 Å². The molecule has 1 heterocycles. The molecule has 74 valence electrons. The van der Waals surface area contributed by atoms with E-state index in [9.17, 15) is 4.79 Å². The van der Waals surface area contributed by atoms with Gasteiger partial charge in [0, 0.05) is 24.6 Å². The van der Waals surface area contributed by atoms with E-state index in [-0.39, 0.29) is 11.9 Å². The van der Waals surface area contributed by atoms with Gasteiger partial charge in [-0.2, -0.15) is 11.8 Å². The van der Waals surface area contributed by atoms with Crippen LogP contribution in [0.3, 0.4) is 0 Å². The Morgan fingerprint density at radius 2 is 2.62 bits per heavy atom. The van der Waals surface area contributed by atoms with Gasteiger partial charge in [-0.1, -0.05) is 6.08 Å². The predicted molar refractivity (Wildman–Crippen MR) is 56.9 cm³/mol. The molecule has 13 heavy (non-hydrogen) atoms. The third-order valence-corrected chi connectivity index (χ3v) is 2.95. The maximum Gasteiger partial charge on any atom is 0.238 e. The summed E-state index contributed by atoms with van der Waals surface area (Å²) < 4.78 is 0. The zero-order chi connectivity index (χ0) is 9.52. The summed E-state index contributed by atoms with van der Waals surface area (Å²) in [6.07, 6.45) is 2.65. The summed E-state index contributed by atoms with van der Waals surface area (Å²) in [5.74, 6) is 2.12. The van der Waals surface area contributed by atoms with Crippen molar-refractivity contribution in [2.24, 2.45) is 0 Å². The highest BCUT2D eigenvalue weighted by atomic mass is 32.2. The summed E-state index contributed by atoms with van der Waals surface area (Å²) >= 11 is 1.83. The van der Waals surface area contributed by atoms with Gasteiger partial charge >= 0.3 is 0 Å². The summed E-state index contributed by atoms with van der Waals surface area (Å²) in [7, 11) is 0. The van der Waals surface area contributed by atoms with E-state index in [4.69, 9.17) is 0 Å². The van der Waals surface area contributed by atoms with Crippen LogP contribution in [0.15, 0.2) is 12.7 Å². The molecule has 0 aliphatic carbocycles. The van der Waals surface area contributed by atoms with Crippen molar-refractivity contribution in [3.05, 3.63) is 12.7 Å². The van der Waals surface area contributed by atoms with Crippen molar-refractivity contribution in [2.75, 3.05) is 24.6 Å². The summed E-state index contributed by atoms with van der Waals surface area (Å²) in [6.45, 7) is 5.23. The third kappa shape index (κ3) is 3.83. The first-order chi connectivity index (χ1) is 6.34. The highest BCUT2D eigenvalue weighted by Crippen LogP contribution is 2.07. The molecule has 1 aliphatic rings. The monoisotopic (exact) mass is 200 g/mol. The molecule has 0 spiro atoms. The molecule has 1 rings (SSSR count). The number of nitrogens with one attached hydrogen (secondary N) is 2. The fraction of sp³-hybridized carbons (Fsp3) is 0.667. The van der Waals surface area contributed by atoms with E-state index in [1.807, 2.05) is 17.8 Å². The van der Waals surface area contributed by atoms with Crippen LogP contribution < -0.4 is 10.6 Å². The zero-order valence-electron chi connectivity index (χ0n) is 7.71. The number of rotatable bonds is 4. The first kappa shape index (κ1) is 10.6. The minimum absolute atomic E-state index is 0.00330. The molecule has 0 aromatic carbocycles. The lowest BCUT2D eigenvalue weighted by molar-refractivity contribution is -0.122. The maximum absolute atomic E-state index is 11.5. The van der Waals surface area contributed by atoms with Crippen LogP contribution >= 0.6 is 11.8 Å². The summed E-state index contributed by atoms with van der Waals surface area (Å²) in [4.78, 5) is 11.5. The Labute approximate surface area is 83.3 Å². The topological polar surface area (TPSA) is 41.1 Å². The lowest BCUT2D eigenvalue weighted by Gasteiger charge is -2.21. The summed E-state index contributed by atoms with van der Waals surface area (Å²) in [5, 5.41) is 6.05. The normalized spacial score (nSPS) is 22.3. The summed E-state index contributed by atoms with van der Waals surface area (Å²) in [6, 6.07) is 0.00330. The molecule has 0 saturated carbocycles. The van der Waals surface area contributed by atoms with E-state index >= 15 is 0 Å². The quantitative estimate of drug-likeness (QED) is 0.509. The molecule has 0 bridgehead atoms. The lowest BCUT2D eigenvalue weighted by atomic mass is 10.3. The van der Waals surface area contributed by atoms with Gasteiger partial charge in [0.05, 0.1) is 6.04 Å². The van der Waals surface area contributed by atoms with Gasteiger partial charge in [-0.15, -0.1) is 6.58 Å². The smallest absolute Gasteiger partial charge is 0.238 e. The van der Waals surface area contributed by atoms with E-state index in [1.54, 1.807) is 0 Å². The molecule has 1 saturated heterocycles. The van der Waals surface area contributed by atoms with Crippen molar-refractivity contribution < 1.29 is 4.79 Å². The molecule has 0 aromatic rings. The summed E-state index contributed by atoms with van der Waals surface area (Å²) in [5.41, 5.74) is 0. The van der Waals surface area contributed by atoms with Gasteiger partial charge in [-0.3, -0.25) is 4.79 Å².